The Bertz CT molecular complexity index is 641. The molecular formula is C15H16NO3P. The number of hydrogen-bond donors (Lipinski definition) is 1. The second kappa shape index (κ2) is 4.27. The molecule has 4 nitrogen and oxygen atoms in total. The van der Waals surface area contributed by atoms with Gasteiger partial charge in [-0.1, -0.05) is 0 Å². The molecule has 1 spiro atoms. The molecule has 2 heterocycles. The normalized spacial score (nSPS) is 24.3. The van der Waals surface area contributed by atoms with E-state index in [-0.39, 0.29) is 0 Å². The van der Waals surface area contributed by atoms with Crippen molar-refractivity contribution in [2.45, 2.75) is 6.61 Å². The van der Waals surface area contributed by atoms with Crippen molar-refractivity contribution in [3.63, 3.8) is 0 Å². The van der Waals surface area contributed by atoms with Gasteiger partial charge < -0.3 is 0 Å². The van der Waals surface area contributed by atoms with Crippen LogP contribution in [0.15, 0.2) is 54.6 Å². The third kappa shape index (κ3) is 1.63. The molecule has 20 heavy (non-hydrogen) atoms. The van der Waals surface area contributed by atoms with Crippen LogP contribution >= 0.6 is 7.43 Å². The molecule has 0 aliphatic carbocycles. The van der Waals surface area contributed by atoms with Gasteiger partial charge in [-0.2, -0.15) is 0 Å². The molecule has 5 heteroatoms. The Morgan fingerprint density at radius 3 is 2.30 bits per heavy atom. The molecule has 2 aliphatic rings. The fourth-order valence-electron chi connectivity index (χ4n) is 2.74. The van der Waals surface area contributed by atoms with Crippen LogP contribution in [-0.4, -0.2) is 13.2 Å². The molecule has 0 bridgehead atoms. The molecule has 1 saturated heterocycles. The molecule has 1 fully saturated rings. The molecule has 104 valence electrons. The average Bonchev–Trinajstić information content (AvgIpc) is 2.94. The van der Waals surface area contributed by atoms with Crippen molar-refractivity contribution in [1.29, 1.82) is 0 Å². The van der Waals surface area contributed by atoms with Gasteiger partial charge in [0, 0.05) is 0 Å². The Labute approximate surface area is 117 Å². The summed E-state index contributed by atoms with van der Waals surface area (Å²) in [5.74, 6) is 0. The van der Waals surface area contributed by atoms with Crippen molar-refractivity contribution in [2.75, 3.05) is 18.3 Å². The average molecular weight is 289 g/mol. The summed E-state index contributed by atoms with van der Waals surface area (Å²) in [5.41, 5.74) is 2.15. The number of fused-ring (bicyclic) bond motifs is 1. The van der Waals surface area contributed by atoms with E-state index in [1.54, 1.807) is 0 Å². The fraction of sp³-hybridized carbons (Fsp3) is 0.200. The zero-order valence-electron chi connectivity index (χ0n) is 11.0. The second-order valence-corrected chi connectivity index (χ2v) is 8.21. The number of anilines is 1. The summed E-state index contributed by atoms with van der Waals surface area (Å²) in [6, 6.07) is 18.1. The van der Waals surface area contributed by atoms with Gasteiger partial charge in [0.25, 0.3) is 0 Å². The third-order valence-corrected chi connectivity index (χ3v) is 7.44. The molecule has 0 radical (unpaired) electrons. The zero-order valence-corrected chi connectivity index (χ0v) is 11.9. The van der Waals surface area contributed by atoms with Crippen LogP contribution in [0.1, 0.15) is 5.56 Å². The summed E-state index contributed by atoms with van der Waals surface area (Å²) < 4.78 is 18.4. The van der Waals surface area contributed by atoms with Crippen LogP contribution in [0.25, 0.3) is 0 Å². The van der Waals surface area contributed by atoms with Gasteiger partial charge in [0.05, 0.1) is 0 Å². The molecular weight excluding hydrogens is 273 g/mol. The van der Waals surface area contributed by atoms with Gasteiger partial charge >= 0.3 is 117 Å². The molecule has 0 saturated carbocycles. The maximum atomic E-state index is 6.20. The van der Waals surface area contributed by atoms with Gasteiger partial charge in [0.15, 0.2) is 0 Å². The second-order valence-electron chi connectivity index (χ2n) is 4.93. The summed E-state index contributed by atoms with van der Waals surface area (Å²) in [4.78, 5) is 0. The summed E-state index contributed by atoms with van der Waals surface area (Å²) in [6.45, 7) is 1.58. The molecule has 0 unspecified atom stereocenters. The minimum absolute atomic E-state index is 0.496. The van der Waals surface area contributed by atoms with Crippen LogP contribution in [0, 0.1) is 0 Å². The van der Waals surface area contributed by atoms with Gasteiger partial charge in [-0.25, -0.2) is 0 Å². The van der Waals surface area contributed by atoms with Gasteiger partial charge in [-0.15, -0.1) is 0 Å². The summed E-state index contributed by atoms with van der Waals surface area (Å²) >= 11 is 0. The Morgan fingerprint density at radius 1 is 0.800 bits per heavy atom. The zero-order chi connectivity index (χ0) is 13.5. The van der Waals surface area contributed by atoms with Crippen LogP contribution in [0.4, 0.5) is 5.69 Å². The van der Waals surface area contributed by atoms with Crippen molar-refractivity contribution in [2.24, 2.45) is 0 Å². The molecule has 2 aliphatic heterocycles. The number of hydrogen-bond acceptors (Lipinski definition) is 4. The molecule has 4 rings (SSSR count). The van der Waals surface area contributed by atoms with Crippen LogP contribution in [0.3, 0.4) is 0 Å². The SMILES string of the molecule is c1ccc(P23(Nc4ccccc4CO2)OCCO3)cc1. The van der Waals surface area contributed by atoms with E-state index in [1.165, 1.54) is 0 Å². The van der Waals surface area contributed by atoms with E-state index in [9.17, 15) is 0 Å². The van der Waals surface area contributed by atoms with E-state index >= 15 is 0 Å². The Morgan fingerprint density at radius 2 is 1.50 bits per heavy atom. The molecule has 1 N–H and O–H groups in total. The number of para-hydroxylation sites is 1. The minimum atomic E-state index is -3.44. The van der Waals surface area contributed by atoms with E-state index in [1.807, 2.05) is 48.5 Å². The van der Waals surface area contributed by atoms with Crippen molar-refractivity contribution < 1.29 is 13.6 Å². The van der Waals surface area contributed by atoms with Crippen LogP contribution in [0.2, 0.25) is 0 Å². The first-order valence-corrected chi connectivity index (χ1v) is 8.69. The first-order valence-electron chi connectivity index (χ1n) is 6.70. The molecule has 2 aromatic rings. The van der Waals surface area contributed by atoms with E-state index in [0.29, 0.717) is 19.8 Å². The summed E-state index contributed by atoms with van der Waals surface area (Å²) in [6.07, 6.45) is 0. The first kappa shape index (κ1) is 12.3. The number of benzene rings is 2. The topological polar surface area (TPSA) is 39.7 Å². The van der Waals surface area contributed by atoms with Gasteiger partial charge in [0.2, 0.25) is 0 Å². The molecule has 0 aromatic heterocycles. The standard InChI is InChI=1S/C15H16NO3P/c1-2-7-14(8-3-1)20(17-10-11-18-20)16-15-9-5-4-6-13(15)12-19-20/h1-9,16H,10-12H2. The van der Waals surface area contributed by atoms with E-state index in [2.05, 4.69) is 11.2 Å². The van der Waals surface area contributed by atoms with Gasteiger partial charge in [-0.05, 0) is 0 Å². The Balaban J connectivity index is 1.88. The number of nitrogens with one attached hydrogen (secondary N) is 1. The van der Waals surface area contributed by atoms with Gasteiger partial charge in [0.1, 0.15) is 0 Å². The van der Waals surface area contributed by atoms with Crippen LogP contribution in [0.5, 0.6) is 0 Å². The van der Waals surface area contributed by atoms with Crippen LogP contribution in [-0.2, 0) is 20.2 Å². The molecule has 0 amide bonds. The van der Waals surface area contributed by atoms with Crippen molar-refractivity contribution in [3.8, 4) is 0 Å². The number of rotatable bonds is 1. The Hall–Kier alpha value is -1.45. The van der Waals surface area contributed by atoms with Gasteiger partial charge in [-0.3, -0.25) is 0 Å². The maximum absolute atomic E-state index is 6.20. The fourth-order valence-corrected chi connectivity index (χ4v) is 6.24. The van der Waals surface area contributed by atoms with E-state index in [4.69, 9.17) is 13.6 Å². The quantitative estimate of drug-likeness (QED) is 0.818. The third-order valence-electron chi connectivity index (χ3n) is 3.72. The van der Waals surface area contributed by atoms with E-state index in [0.717, 1.165) is 16.6 Å². The van der Waals surface area contributed by atoms with Crippen molar-refractivity contribution >= 4 is 18.4 Å². The van der Waals surface area contributed by atoms with E-state index < -0.39 is 7.43 Å². The Kier molecular flexibility index (Phi) is 2.63. The molecule has 2 aromatic carbocycles. The summed E-state index contributed by atoms with van der Waals surface area (Å²) in [7, 11) is -3.44. The first-order chi connectivity index (χ1) is 9.81. The summed E-state index contributed by atoms with van der Waals surface area (Å²) in [5, 5.41) is 4.42. The monoisotopic (exact) mass is 289 g/mol. The predicted molar refractivity (Wildman–Crippen MR) is 79.8 cm³/mol. The molecule has 0 atom stereocenters. The predicted octanol–water partition coefficient (Wildman–Crippen LogP) is 3.21. The van der Waals surface area contributed by atoms with Crippen molar-refractivity contribution in [3.05, 3.63) is 60.2 Å². The van der Waals surface area contributed by atoms with Crippen molar-refractivity contribution in [1.82, 2.24) is 0 Å². The van der Waals surface area contributed by atoms with Crippen LogP contribution < -0.4 is 10.4 Å².